The molecule has 0 unspecified atom stereocenters. The van der Waals surface area contributed by atoms with E-state index in [0.717, 1.165) is 12.8 Å². The zero-order valence-corrected chi connectivity index (χ0v) is 8.26. The highest BCUT2D eigenvalue weighted by Gasteiger charge is 2.57. The Balaban J connectivity index is 0.000000750. The second-order valence-electron chi connectivity index (χ2n) is 3.68. The number of anilines is 1. The van der Waals surface area contributed by atoms with Gasteiger partial charge in [-0.3, -0.25) is 4.79 Å². The summed E-state index contributed by atoms with van der Waals surface area (Å²) in [4.78, 5) is 11.8. The molecular formula is C10H10ClNO2. The molecule has 1 saturated carbocycles. The maximum Gasteiger partial charge on any atom is 0.210 e. The number of fused-ring (bicyclic) bond motifs is 1. The maximum absolute atomic E-state index is 11.8. The monoisotopic (exact) mass is 211 g/mol. The van der Waals surface area contributed by atoms with Crippen LogP contribution in [0, 0.1) is 0 Å². The quantitative estimate of drug-likeness (QED) is 0.666. The van der Waals surface area contributed by atoms with E-state index < -0.39 is 5.60 Å². The third-order valence-electron chi connectivity index (χ3n) is 2.67. The van der Waals surface area contributed by atoms with Crippen molar-refractivity contribution >= 4 is 23.9 Å². The van der Waals surface area contributed by atoms with Gasteiger partial charge < -0.3 is 10.5 Å². The van der Waals surface area contributed by atoms with Crippen molar-refractivity contribution in [2.45, 2.75) is 18.4 Å². The van der Waals surface area contributed by atoms with Gasteiger partial charge in [0.1, 0.15) is 5.75 Å². The molecule has 2 aliphatic rings. The number of rotatable bonds is 0. The van der Waals surface area contributed by atoms with Crippen LogP contribution in [-0.4, -0.2) is 11.4 Å². The second-order valence-corrected chi connectivity index (χ2v) is 3.68. The number of carbonyl (C=O) groups excluding carboxylic acids is 1. The fraction of sp³-hybridized carbons (Fsp3) is 0.300. The molecule has 0 atom stereocenters. The van der Waals surface area contributed by atoms with E-state index in [0.29, 0.717) is 17.0 Å². The van der Waals surface area contributed by atoms with Gasteiger partial charge >= 0.3 is 0 Å². The van der Waals surface area contributed by atoms with E-state index in [1.807, 2.05) is 0 Å². The van der Waals surface area contributed by atoms with Crippen LogP contribution in [0.4, 0.5) is 5.69 Å². The Morgan fingerprint density at radius 2 is 2.07 bits per heavy atom. The molecule has 0 bridgehead atoms. The fourth-order valence-electron chi connectivity index (χ4n) is 1.76. The molecule has 1 aromatic rings. The summed E-state index contributed by atoms with van der Waals surface area (Å²) < 4.78 is 5.57. The Morgan fingerprint density at radius 1 is 1.36 bits per heavy atom. The normalized spacial score (nSPS) is 19.9. The van der Waals surface area contributed by atoms with Crippen molar-refractivity contribution < 1.29 is 9.53 Å². The molecule has 1 aliphatic carbocycles. The zero-order chi connectivity index (χ0) is 9.05. The zero-order valence-electron chi connectivity index (χ0n) is 7.45. The summed E-state index contributed by atoms with van der Waals surface area (Å²) in [6, 6.07) is 5.23. The first-order chi connectivity index (χ1) is 6.21. The van der Waals surface area contributed by atoms with Gasteiger partial charge in [-0.05, 0) is 31.0 Å². The first-order valence-corrected chi connectivity index (χ1v) is 4.35. The van der Waals surface area contributed by atoms with Gasteiger partial charge in [-0.15, -0.1) is 12.4 Å². The number of halogens is 1. The number of Topliss-reactive ketones (excluding diaryl/α,β-unsaturated/α-hetero) is 1. The first kappa shape index (κ1) is 9.34. The predicted octanol–water partition coefficient (Wildman–Crippen LogP) is 1.80. The van der Waals surface area contributed by atoms with Crippen LogP contribution in [0.5, 0.6) is 5.75 Å². The van der Waals surface area contributed by atoms with Crippen LogP contribution in [0.25, 0.3) is 0 Å². The Bertz CT molecular complexity index is 413. The molecular weight excluding hydrogens is 202 g/mol. The molecule has 74 valence electrons. The number of nitrogen functional groups attached to an aromatic ring is 1. The molecule has 4 heteroatoms. The van der Waals surface area contributed by atoms with Gasteiger partial charge in [0.25, 0.3) is 0 Å². The van der Waals surface area contributed by atoms with Crippen molar-refractivity contribution in [2.24, 2.45) is 0 Å². The lowest BCUT2D eigenvalue weighted by Crippen LogP contribution is -2.21. The molecule has 0 saturated heterocycles. The Kier molecular flexibility index (Phi) is 1.76. The lowest BCUT2D eigenvalue weighted by Gasteiger charge is -2.03. The minimum absolute atomic E-state index is 0. The maximum atomic E-state index is 11.8. The third kappa shape index (κ3) is 1.02. The van der Waals surface area contributed by atoms with Crippen molar-refractivity contribution in [1.29, 1.82) is 0 Å². The first-order valence-electron chi connectivity index (χ1n) is 4.35. The summed E-state index contributed by atoms with van der Waals surface area (Å²) >= 11 is 0. The van der Waals surface area contributed by atoms with Gasteiger partial charge in [-0.2, -0.15) is 0 Å². The number of carbonyl (C=O) groups is 1. The Morgan fingerprint density at radius 3 is 2.71 bits per heavy atom. The van der Waals surface area contributed by atoms with Crippen molar-refractivity contribution in [2.75, 3.05) is 5.73 Å². The minimum Gasteiger partial charge on any atom is -0.478 e. The van der Waals surface area contributed by atoms with Crippen LogP contribution in [0.15, 0.2) is 18.2 Å². The number of hydrogen-bond donors (Lipinski definition) is 1. The highest BCUT2D eigenvalue weighted by molar-refractivity contribution is 6.09. The van der Waals surface area contributed by atoms with Gasteiger partial charge in [0.2, 0.25) is 5.78 Å². The van der Waals surface area contributed by atoms with Crippen LogP contribution in [0.2, 0.25) is 0 Å². The number of nitrogens with two attached hydrogens (primary N) is 1. The molecule has 3 rings (SSSR count). The molecule has 1 fully saturated rings. The van der Waals surface area contributed by atoms with E-state index in [1.54, 1.807) is 18.2 Å². The van der Waals surface area contributed by atoms with Gasteiger partial charge in [0.15, 0.2) is 5.60 Å². The van der Waals surface area contributed by atoms with Crippen molar-refractivity contribution in [3.8, 4) is 5.75 Å². The molecule has 2 N–H and O–H groups in total. The summed E-state index contributed by atoms with van der Waals surface area (Å²) in [7, 11) is 0. The van der Waals surface area contributed by atoms with Crippen LogP contribution in [0.3, 0.4) is 0 Å². The predicted molar refractivity (Wildman–Crippen MR) is 55.0 cm³/mol. The smallest absolute Gasteiger partial charge is 0.210 e. The molecule has 14 heavy (non-hydrogen) atoms. The third-order valence-corrected chi connectivity index (χ3v) is 2.67. The topological polar surface area (TPSA) is 52.3 Å². The van der Waals surface area contributed by atoms with Crippen LogP contribution in [-0.2, 0) is 0 Å². The number of hydrogen-bond acceptors (Lipinski definition) is 3. The van der Waals surface area contributed by atoms with Crippen LogP contribution < -0.4 is 10.5 Å². The van der Waals surface area contributed by atoms with Crippen LogP contribution in [0.1, 0.15) is 23.2 Å². The average Bonchev–Trinajstić information content (AvgIpc) is 2.83. The molecule has 3 nitrogen and oxygen atoms in total. The largest absolute Gasteiger partial charge is 0.478 e. The molecule has 1 spiro atoms. The van der Waals surface area contributed by atoms with Gasteiger partial charge in [-0.25, -0.2) is 0 Å². The van der Waals surface area contributed by atoms with Gasteiger partial charge in [0.05, 0.1) is 5.56 Å². The highest BCUT2D eigenvalue weighted by Crippen LogP contribution is 2.49. The summed E-state index contributed by atoms with van der Waals surface area (Å²) in [5.41, 5.74) is 6.37. The van der Waals surface area contributed by atoms with E-state index in [4.69, 9.17) is 10.5 Å². The number of ether oxygens (including phenoxy) is 1. The molecule has 1 heterocycles. The van der Waals surface area contributed by atoms with E-state index in [2.05, 4.69) is 0 Å². The SMILES string of the molecule is Cl.Nc1ccc2c(c1)C(=O)C1(CC1)O2. The van der Waals surface area contributed by atoms with E-state index in [9.17, 15) is 4.79 Å². The summed E-state index contributed by atoms with van der Waals surface area (Å²) in [5.74, 6) is 0.798. The molecule has 1 aromatic carbocycles. The van der Waals surface area contributed by atoms with Gasteiger partial charge in [-0.1, -0.05) is 0 Å². The standard InChI is InChI=1S/C10H9NO2.ClH/c11-6-1-2-8-7(5-6)9(12)10(13-8)3-4-10;/h1-2,5H,3-4,11H2;1H. The van der Waals surface area contributed by atoms with E-state index >= 15 is 0 Å². The highest BCUT2D eigenvalue weighted by atomic mass is 35.5. The van der Waals surface area contributed by atoms with E-state index in [-0.39, 0.29) is 18.2 Å². The molecule has 0 radical (unpaired) electrons. The Hall–Kier alpha value is -1.22. The molecule has 0 amide bonds. The van der Waals surface area contributed by atoms with Crippen molar-refractivity contribution in [3.63, 3.8) is 0 Å². The number of benzene rings is 1. The molecule has 0 aromatic heterocycles. The summed E-state index contributed by atoms with van der Waals surface area (Å²) in [5, 5.41) is 0. The minimum atomic E-state index is -0.490. The van der Waals surface area contributed by atoms with Crippen molar-refractivity contribution in [3.05, 3.63) is 23.8 Å². The second kappa shape index (κ2) is 2.64. The lowest BCUT2D eigenvalue weighted by molar-refractivity contribution is 0.0820. The van der Waals surface area contributed by atoms with Crippen LogP contribution >= 0.6 is 12.4 Å². The lowest BCUT2D eigenvalue weighted by atomic mass is 10.1. The fourth-order valence-corrected chi connectivity index (χ4v) is 1.76. The van der Waals surface area contributed by atoms with Gasteiger partial charge in [0, 0.05) is 5.69 Å². The molecule has 1 aliphatic heterocycles. The average molecular weight is 212 g/mol. The summed E-state index contributed by atoms with van der Waals surface area (Å²) in [6.07, 6.45) is 1.70. The number of ketones is 1. The summed E-state index contributed by atoms with van der Waals surface area (Å²) in [6.45, 7) is 0. The van der Waals surface area contributed by atoms with Crippen molar-refractivity contribution in [1.82, 2.24) is 0 Å². The Labute approximate surface area is 87.6 Å². The van der Waals surface area contributed by atoms with E-state index in [1.165, 1.54) is 0 Å².